The van der Waals surface area contributed by atoms with Gasteiger partial charge in [0.25, 0.3) is 0 Å². The van der Waals surface area contributed by atoms with Crippen molar-refractivity contribution >= 4 is 5.69 Å². The predicted molar refractivity (Wildman–Crippen MR) is 79.4 cm³/mol. The minimum absolute atomic E-state index is 0.622. The topological polar surface area (TPSA) is 15.3 Å². The van der Waals surface area contributed by atoms with Crippen LogP contribution in [0, 0.1) is 0 Å². The Bertz CT molecular complexity index is 356. The summed E-state index contributed by atoms with van der Waals surface area (Å²) in [4.78, 5) is 2.50. The molecule has 18 heavy (non-hydrogen) atoms. The van der Waals surface area contributed by atoms with Gasteiger partial charge in [-0.25, -0.2) is 0 Å². The van der Waals surface area contributed by atoms with Crippen LogP contribution in [-0.2, 0) is 0 Å². The van der Waals surface area contributed by atoms with Crippen LogP contribution >= 0.6 is 0 Å². The van der Waals surface area contributed by atoms with E-state index in [0.717, 1.165) is 13.1 Å². The van der Waals surface area contributed by atoms with E-state index >= 15 is 0 Å². The molecule has 0 aromatic heterocycles. The first-order valence-corrected chi connectivity index (χ1v) is 7.29. The predicted octanol–water partition coefficient (Wildman–Crippen LogP) is 3.39. The average Bonchev–Trinajstić information content (AvgIpc) is 2.85. The summed E-state index contributed by atoms with van der Waals surface area (Å²) in [6.07, 6.45) is 2.49. The third-order valence-electron chi connectivity index (χ3n) is 3.80. The SMILES string of the molecule is CCCNC1CCN(c2ccc(C(C)C)cc2)C1. The van der Waals surface area contributed by atoms with Crippen LogP contribution in [0.15, 0.2) is 24.3 Å². The molecule has 1 N–H and O–H groups in total. The molecule has 0 spiro atoms. The molecule has 0 aliphatic carbocycles. The van der Waals surface area contributed by atoms with Gasteiger partial charge in [-0.05, 0) is 43.0 Å². The number of rotatable bonds is 5. The first-order valence-electron chi connectivity index (χ1n) is 7.29. The Hall–Kier alpha value is -1.02. The molecular formula is C16H26N2. The number of nitrogens with one attached hydrogen (secondary N) is 1. The van der Waals surface area contributed by atoms with Crippen LogP contribution in [0.1, 0.15) is 45.1 Å². The molecule has 1 aliphatic rings. The first kappa shape index (κ1) is 13.4. The fraction of sp³-hybridized carbons (Fsp3) is 0.625. The molecule has 1 unspecified atom stereocenters. The monoisotopic (exact) mass is 246 g/mol. The van der Waals surface area contributed by atoms with Crippen LogP contribution in [0.3, 0.4) is 0 Å². The van der Waals surface area contributed by atoms with Gasteiger partial charge in [0.2, 0.25) is 0 Å². The summed E-state index contributed by atoms with van der Waals surface area (Å²) in [5, 5.41) is 3.62. The van der Waals surface area contributed by atoms with Gasteiger partial charge >= 0.3 is 0 Å². The molecule has 100 valence electrons. The summed E-state index contributed by atoms with van der Waals surface area (Å²) >= 11 is 0. The highest BCUT2D eigenvalue weighted by atomic mass is 15.2. The zero-order valence-corrected chi connectivity index (χ0v) is 11.9. The maximum Gasteiger partial charge on any atom is 0.0366 e. The van der Waals surface area contributed by atoms with E-state index in [1.807, 2.05) is 0 Å². The van der Waals surface area contributed by atoms with Gasteiger partial charge in [0.05, 0.1) is 0 Å². The van der Waals surface area contributed by atoms with Gasteiger partial charge in [-0.2, -0.15) is 0 Å². The third kappa shape index (κ3) is 3.26. The highest BCUT2D eigenvalue weighted by molar-refractivity contribution is 5.49. The van der Waals surface area contributed by atoms with E-state index in [9.17, 15) is 0 Å². The first-order chi connectivity index (χ1) is 8.70. The van der Waals surface area contributed by atoms with E-state index in [4.69, 9.17) is 0 Å². The molecule has 1 aliphatic heterocycles. The molecule has 0 bridgehead atoms. The molecule has 1 heterocycles. The maximum atomic E-state index is 3.62. The molecule has 2 nitrogen and oxygen atoms in total. The molecule has 0 saturated carbocycles. The number of nitrogens with zero attached hydrogens (tertiary/aromatic N) is 1. The molecular weight excluding hydrogens is 220 g/mol. The van der Waals surface area contributed by atoms with Crippen molar-refractivity contribution < 1.29 is 0 Å². The summed E-state index contributed by atoms with van der Waals surface area (Å²) in [5.41, 5.74) is 2.80. The molecule has 0 amide bonds. The van der Waals surface area contributed by atoms with Gasteiger partial charge in [-0.15, -0.1) is 0 Å². The van der Waals surface area contributed by atoms with Crippen LogP contribution in [0.25, 0.3) is 0 Å². The Morgan fingerprint density at radius 3 is 2.61 bits per heavy atom. The van der Waals surface area contributed by atoms with Gasteiger partial charge in [0, 0.05) is 24.8 Å². The van der Waals surface area contributed by atoms with Gasteiger partial charge in [0.15, 0.2) is 0 Å². The van der Waals surface area contributed by atoms with Crippen LogP contribution in [0.5, 0.6) is 0 Å². The van der Waals surface area contributed by atoms with Crippen molar-refractivity contribution in [2.45, 2.75) is 45.6 Å². The van der Waals surface area contributed by atoms with E-state index in [1.165, 1.54) is 30.6 Å². The minimum Gasteiger partial charge on any atom is -0.370 e. The molecule has 1 saturated heterocycles. The Labute approximate surface area is 111 Å². The Kier molecular flexibility index (Phi) is 4.65. The van der Waals surface area contributed by atoms with E-state index in [1.54, 1.807) is 0 Å². The average molecular weight is 246 g/mol. The highest BCUT2D eigenvalue weighted by Gasteiger charge is 2.21. The normalized spacial score (nSPS) is 19.8. The molecule has 2 heteroatoms. The van der Waals surface area contributed by atoms with Crippen LogP contribution < -0.4 is 10.2 Å². The lowest BCUT2D eigenvalue weighted by atomic mass is 10.0. The molecule has 1 aromatic rings. The summed E-state index contributed by atoms with van der Waals surface area (Å²) in [7, 11) is 0. The number of hydrogen-bond acceptors (Lipinski definition) is 2. The maximum absolute atomic E-state index is 3.62. The van der Waals surface area contributed by atoms with Crippen LogP contribution in [0.2, 0.25) is 0 Å². The van der Waals surface area contributed by atoms with Crippen molar-refractivity contribution in [3.05, 3.63) is 29.8 Å². The standard InChI is InChI=1S/C16H26N2/c1-4-10-17-15-9-11-18(12-15)16-7-5-14(6-8-16)13(2)3/h5-8,13,15,17H,4,9-12H2,1-3H3. The molecule has 1 fully saturated rings. The van der Waals surface area contributed by atoms with Gasteiger partial charge in [0.1, 0.15) is 0 Å². The van der Waals surface area contributed by atoms with E-state index in [0.29, 0.717) is 12.0 Å². The van der Waals surface area contributed by atoms with Crippen molar-refractivity contribution in [3.8, 4) is 0 Å². The largest absolute Gasteiger partial charge is 0.370 e. The summed E-state index contributed by atoms with van der Waals surface area (Å²) in [5.74, 6) is 0.622. The van der Waals surface area contributed by atoms with Crippen molar-refractivity contribution in [1.29, 1.82) is 0 Å². The van der Waals surface area contributed by atoms with E-state index in [2.05, 4.69) is 55.3 Å². The van der Waals surface area contributed by atoms with Crippen molar-refractivity contribution in [1.82, 2.24) is 5.32 Å². The van der Waals surface area contributed by atoms with E-state index in [-0.39, 0.29) is 0 Å². The third-order valence-corrected chi connectivity index (χ3v) is 3.80. The van der Waals surface area contributed by atoms with Crippen molar-refractivity contribution in [3.63, 3.8) is 0 Å². The zero-order chi connectivity index (χ0) is 13.0. The molecule has 0 radical (unpaired) electrons. The minimum atomic E-state index is 0.622. The Balaban J connectivity index is 1.92. The Morgan fingerprint density at radius 2 is 2.00 bits per heavy atom. The fourth-order valence-corrected chi connectivity index (χ4v) is 2.58. The summed E-state index contributed by atoms with van der Waals surface area (Å²) < 4.78 is 0. The number of anilines is 1. The second kappa shape index (κ2) is 6.24. The number of hydrogen-bond donors (Lipinski definition) is 1. The lowest BCUT2D eigenvalue weighted by Crippen LogP contribution is -2.32. The lowest BCUT2D eigenvalue weighted by Gasteiger charge is -2.20. The van der Waals surface area contributed by atoms with Crippen molar-refractivity contribution in [2.75, 3.05) is 24.5 Å². The number of benzene rings is 1. The molecule has 1 aromatic carbocycles. The summed E-state index contributed by atoms with van der Waals surface area (Å²) in [6.45, 7) is 10.2. The molecule has 1 atom stereocenters. The van der Waals surface area contributed by atoms with Crippen molar-refractivity contribution in [2.24, 2.45) is 0 Å². The smallest absolute Gasteiger partial charge is 0.0366 e. The highest BCUT2D eigenvalue weighted by Crippen LogP contribution is 2.23. The molecule has 2 rings (SSSR count). The summed E-state index contributed by atoms with van der Waals surface area (Å²) in [6, 6.07) is 9.77. The van der Waals surface area contributed by atoms with E-state index < -0.39 is 0 Å². The Morgan fingerprint density at radius 1 is 1.28 bits per heavy atom. The zero-order valence-electron chi connectivity index (χ0n) is 11.9. The van der Waals surface area contributed by atoms with Gasteiger partial charge in [-0.1, -0.05) is 32.9 Å². The van der Waals surface area contributed by atoms with Gasteiger partial charge < -0.3 is 10.2 Å². The van der Waals surface area contributed by atoms with Crippen LogP contribution in [-0.4, -0.2) is 25.7 Å². The van der Waals surface area contributed by atoms with Crippen LogP contribution in [0.4, 0.5) is 5.69 Å². The fourth-order valence-electron chi connectivity index (χ4n) is 2.58. The quantitative estimate of drug-likeness (QED) is 0.856. The van der Waals surface area contributed by atoms with Gasteiger partial charge in [-0.3, -0.25) is 0 Å². The lowest BCUT2D eigenvalue weighted by molar-refractivity contribution is 0.549. The second-order valence-electron chi connectivity index (χ2n) is 5.63. The second-order valence-corrected chi connectivity index (χ2v) is 5.63.